The average Bonchev–Trinajstić information content (AvgIpc) is 1.08. The van der Waals surface area contributed by atoms with Gasteiger partial charge in [-0.05, 0) is 87.9 Å². The number of aromatic nitrogens is 1. The monoisotopic (exact) mass is 1780 g/mol. The van der Waals surface area contributed by atoms with Crippen molar-refractivity contribution in [1.29, 1.82) is 0 Å². The molecule has 1 aliphatic rings. The predicted molar refractivity (Wildman–Crippen MR) is 482 cm³/mol. The second-order valence-electron chi connectivity index (χ2n) is 33.3. The Hall–Kier alpha value is -13.2. The summed E-state index contributed by atoms with van der Waals surface area (Å²) in [6.45, 7) is 8.25. The maximum absolute atomic E-state index is 15.6. The number of carboxylic acids is 1. The van der Waals surface area contributed by atoms with Crippen LogP contribution in [0.3, 0.4) is 0 Å². The number of H-pyrrole nitrogens is 1. The maximum Gasteiger partial charge on any atom is 0.305 e. The molecule has 1 saturated heterocycles. The molecule has 34 nitrogen and oxygen atoms in total. The van der Waals surface area contributed by atoms with Crippen molar-refractivity contribution in [3.05, 3.63) is 203 Å². The van der Waals surface area contributed by atoms with Gasteiger partial charge in [-0.15, -0.1) is 11.8 Å². The Kier molecular flexibility index (Phi) is 38.0. The number of rotatable bonds is 23. The quantitative estimate of drug-likeness (QED) is 0.0438. The molecule has 128 heavy (non-hydrogen) atoms. The van der Waals surface area contributed by atoms with Crippen LogP contribution >= 0.6 is 11.8 Å². The predicted octanol–water partition coefficient (Wildman–Crippen LogP) is 2.66. The highest BCUT2D eigenvalue weighted by atomic mass is 32.2. The molecule has 35 heteroatoms. The summed E-state index contributed by atoms with van der Waals surface area (Å²) in [5.74, 6) is -15.6. The third-order valence-corrected chi connectivity index (χ3v) is 23.4. The summed E-state index contributed by atoms with van der Waals surface area (Å²) in [4.78, 5) is 230. The van der Waals surface area contributed by atoms with Gasteiger partial charge in [0.2, 0.25) is 82.7 Å². The Morgan fingerprint density at radius 3 is 1.44 bits per heavy atom. The molecule has 7 aromatic rings. The smallest absolute Gasteiger partial charge is 0.305 e. The standard InChI is InChI=1S/C93H120N16O18S/c1-12-57(6)83-93(127)106(8)52-79(114)99-72(47-81(116)117)87(121)104-82(56(4)5)92(126)107(9)75(44-59-26-18-14-19-27-59)88(122)103-73(43-62-34-38-66(111)39-35-62)89(123)105(7)51-78(113)98-71(46-63-48-96-68-31-23-22-30-67(63)68)86(120)102-70(41-61-32-36-65(110)37-33-61)85(119)101-69(40-55(2)3)84(118)97-64(49-95-50-77(94)112)53-128-54-80(115)100-74(42-58-24-16-13-17-25-58)90(124)108(10)76(91(125)109(83)11)45-60-28-20-15-21-29-60/h13-39,48,55-57,64,69-76,82-83,95-96,110-111H,12,40-47,49-54H2,1-11H3,(H2,94,112)(H,97,118)(H,98,113)(H,99,114)(H,100,115)(H,101,119)(H,102,120)(H,103,122)(H,104,121)(H,116,117)/t57-,64+,69-,70-,71-,72-,73-,74-,75-,76-,82-,83-/m0/s1. The van der Waals surface area contributed by atoms with Crippen LogP contribution in [0.15, 0.2) is 170 Å². The van der Waals surface area contributed by atoms with Crippen molar-refractivity contribution in [2.75, 3.05) is 72.9 Å². The van der Waals surface area contributed by atoms with E-state index in [9.17, 15) is 48.9 Å². The van der Waals surface area contributed by atoms with Crippen LogP contribution in [0.4, 0.5) is 0 Å². The molecule has 0 unspecified atom stereocenters. The van der Waals surface area contributed by atoms with Gasteiger partial charge < -0.3 is 98.4 Å². The van der Waals surface area contributed by atoms with Gasteiger partial charge in [0.15, 0.2) is 0 Å². The molecule has 0 saturated carbocycles. The fourth-order valence-corrected chi connectivity index (χ4v) is 16.0. The molecule has 12 atom stereocenters. The summed E-state index contributed by atoms with van der Waals surface area (Å²) in [6.07, 6.45) is -0.181. The number of nitrogens with one attached hydrogen (secondary N) is 10. The average molecular weight is 1780 g/mol. The number of benzene rings is 6. The number of nitrogens with zero attached hydrogens (tertiary/aromatic N) is 5. The number of phenols is 2. The summed E-state index contributed by atoms with van der Waals surface area (Å²) in [5.41, 5.74) is 9.39. The van der Waals surface area contributed by atoms with Gasteiger partial charge >= 0.3 is 5.97 Å². The van der Waals surface area contributed by atoms with Gasteiger partial charge in [0.1, 0.15) is 71.9 Å². The highest BCUT2D eigenvalue weighted by molar-refractivity contribution is 8.00. The van der Waals surface area contributed by atoms with Crippen molar-refractivity contribution in [1.82, 2.24) is 77.3 Å². The summed E-state index contributed by atoms with van der Waals surface area (Å²) in [6, 6.07) is 28.9. The minimum Gasteiger partial charge on any atom is -0.508 e. The number of hydrogen-bond acceptors (Lipinski definition) is 19. The van der Waals surface area contributed by atoms with Crippen LogP contribution in [0.5, 0.6) is 11.5 Å². The van der Waals surface area contributed by atoms with Gasteiger partial charge in [-0.25, -0.2) is 0 Å². The van der Waals surface area contributed by atoms with E-state index < -0.39 is 186 Å². The minimum absolute atomic E-state index is 0.0243. The van der Waals surface area contributed by atoms with Crippen LogP contribution in [-0.4, -0.2) is 273 Å². The zero-order chi connectivity index (χ0) is 93.6. The molecule has 1 aliphatic heterocycles. The van der Waals surface area contributed by atoms with Crippen molar-refractivity contribution in [2.24, 2.45) is 23.5 Å². The number of phenolic OH excluding ortho intramolecular Hbond substituents is 2. The topological polar surface area (TPSA) is 483 Å². The van der Waals surface area contributed by atoms with Crippen LogP contribution in [-0.2, 0) is 110 Å². The molecule has 1 fully saturated rings. The number of primary amides is 1. The number of carbonyl (C=O) groups is 15. The lowest BCUT2D eigenvalue weighted by atomic mass is 9.94. The number of aliphatic carboxylic acids is 1. The second kappa shape index (κ2) is 48.5. The first-order valence-corrected chi connectivity index (χ1v) is 43.7. The number of nitrogens with two attached hydrogens (primary N) is 1. The number of aromatic amines is 1. The molecule has 14 amide bonds. The first-order chi connectivity index (χ1) is 60.9. The molecule has 2 heterocycles. The minimum atomic E-state index is -1.90. The van der Waals surface area contributed by atoms with Gasteiger partial charge in [0.05, 0.1) is 37.8 Å². The van der Waals surface area contributed by atoms with Crippen LogP contribution in [0.2, 0.25) is 0 Å². The number of fused-ring (bicyclic) bond motifs is 1. The first-order valence-electron chi connectivity index (χ1n) is 42.6. The largest absolute Gasteiger partial charge is 0.508 e. The lowest BCUT2D eigenvalue weighted by Crippen LogP contribution is -2.61. The molecule has 0 radical (unpaired) electrons. The van der Waals surface area contributed by atoms with Gasteiger partial charge in [-0.2, -0.15) is 0 Å². The van der Waals surface area contributed by atoms with E-state index in [2.05, 4.69) is 52.8 Å². The number of likely N-dealkylation sites (N-methyl/N-ethyl adjacent to an activating group) is 5. The zero-order valence-electron chi connectivity index (χ0n) is 74.0. The maximum atomic E-state index is 15.6. The number of carbonyl (C=O) groups excluding carboxylic acids is 14. The number of carboxylic acid groups (broad SMARTS) is 1. The van der Waals surface area contributed by atoms with Crippen molar-refractivity contribution in [3.63, 3.8) is 0 Å². The van der Waals surface area contributed by atoms with Crippen molar-refractivity contribution in [2.45, 2.75) is 166 Å². The molecule has 686 valence electrons. The Morgan fingerprint density at radius 1 is 0.461 bits per heavy atom. The van der Waals surface area contributed by atoms with Crippen molar-refractivity contribution < 1.29 is 87.2 Å². The van der Waals surface area contributed by atoms with Crippen LogP contribution in [0, 0.1) is 17.8 Å². The summed E-state index contributed by atoms with van der Waals surface area (Å²) in [5, 5.41) is 56.7. The zero-order valence-corrected chi connectivity index (χ0v) is 74.9. The highest BCUT2D eigenvalue weighted by Crippen LogP contribution is 2.25. The van der Waals surface area contributed by atoms with Gasteiger partial charge in [0, 0.05) is 103 Å². The normalized spacial score (nSPS) is 22.3. The van der Waals surface area contributed by atoms with E-state index >= 15 is 38.4 Å². The lowest BCUT2D eigenvalue weighted by molar-refractivity contribution is -0.152. The van der Waals surface area contributed by atoms with Gasteiger partial charge in [0.25, 0.3) is 0 Å². The summed E-state index contributed by atoms with van der Waals surface area (Å²) < 4.78 is 0. The van der Waals surface area contributed by atoms with E-state index in [1.165, 1.54) is 93.6 Å². The van der Waals surface area contributed by atoms with Gasteiger partial charge in [-0.1, -0.05) is 181 Å². The summed E-state index contributed by atoms with van der Waals surface area (Å²) in [7, 11) is 6.63. The molecular formula is C93H120N16O18S. The SMILES string of the molecule is CC[C@H](C)[C@H]1C(=O)N(C)CC(=O)N[C@@H](CC(=O)O)C(=O)N[C@@H](C(C)C)C(=O)N(C)[C@@H](Cc2ccccc2)C(=O)N[C@@H](Cc2ccc(O)cc2)C(=O)N(C)CC(=O)N[C@@H](Cc2c[nH]c3ccccc23)C(=O)N[C@@H](Cc2ccc(O)cc2)C(=O)N[C@@H](CC(C)C)C(=O)N[C@H](CNCC(N)=O)CSCC(=O)N[C@@H](Cc2ccccc2)C(=O)N(C)[C@@H](Cc2ccccc2)C(=O)N1C. The molecule has 1 aromatic heterocycles. The van der Waals surface area contributed by atoms with E-state index in [-0.39, 0.29) is 87.0 Å². The Labute approximate surface area is 749 Å². The van der Waals surface area contributed by atoms with Crippen molar-refractivity contribution >= 4 is 111 Å². The molecular weight excluding hydrogens is 1660 g/mol. The Morgan fingerprint density at radius 2 is 0.906 bits per heavy atom. The molecule has 8 rings (SSSR count). The third-order valence-electron chi connectivity index (χ3n) is 22.3. The van der Waals surface area contributed by atoms with E-state index in [0.29, 0.717) is 50.7 Å². The van der Waals surface area contributed by atoms with Crippen LogP contribution in [0.25, 0.3) is 10.9 Å². The van der Waals surface area contributed by atoms with E-state index in [4.69, 9.17) is 5.73 Å². The Balaban J connectivity index is 1.21. The number of hydrogen-bond donors (Lipinski definition) is 14. The number of aromatic hydroxyl groups is 2. The fourth-order valence-electron chi connectivity index (χ4n) is 15.1. The summed E-state index contributed by atoms with van der Waals surface area (Å²) >= 11 is 1.04. The van der Waals surface area contributed by atoms with Crippen molar-refractivity contribution in [3.8, 4) is 11.5 Å². The first kappa shape index (κ1) is 100. The number of amides is 14. The van der Waals surface area contributed by atoms with E-state index in [1.54, 1.807) is 149 Å². The highest BCUT2D eigenvalue weighted by Gasteiger charge is 2.43. The molecule has 0 spiro atoms. The molecule has 0 bridgehead atoms. The van der Waals surface area contributed by atoms with Crippen LogP contribution in [0.1, 0.15) is 94.2 Å². The van der Waals surface area contributed by atoms with Crippen LogP contribution < -0.4 is 53.6 Å². The number of thioether (sulfide) groups is 1. The van der Waals surface area contributed by atoms with E-state index in [1.807, 2.05) is 13.8 Å². The molecule has 0 aliphatic carbocycles. The molecule has 6 aromatic carbocycles. The lowest BCUT2D eigenvalue weighted by Gasteiger charge is -2.38. The fraction of sp³-hybridized carbons (Fsp3) is 0.430. The van der Waals surface area contributed by atoms with Gasteiger partial charge in [-0.3, -0.25) is 71.9 Å². The number of para-hydroxylation sites is 1. The second-order valence-corrected chi connectivity index (χ2v) is 34.3. The Bertz CT molecular complexity index is 4990. The third kappa shape index (κ3) is 30.0. The molecule has 15 N–H and O–H groups in total. The van der Waals surface area contributed by atoms with E-state index in [0.717, 1.165) is 26.5 Å².